The molecule has 0 heterocycles. The van der Waals surface area contributed by atoms with Crippen LogP contribution in [-0.4, -0.2) is 5.88 Å². The van der Waals surface area contributed by atoms with E-state index in [0.29, 0.717) is 10.8 Å². The molecule has 0 spiro atoms. The van der Waals surface area contributed by atoms with E-state index < -0.39 is 0 Å². The lowest BCUT2D eigenvalue weighted by atomic mass is 9.63. The summed E-state index contributed by atoms with van der Waals surface area (Å²) < 4.78 is 0. The lowest BCUT2D eigenvalue weighted by molar-refractivity contribution is 0.0916. The zero-order valence-electron chi connectivity index (χ0n) is 12.5. The summed E-state index contributed by atoms with van der Waals surface area (Å²) in [6.07, 6.45) is 8.15. The zero-order valence-corrected chi connectivity index (χ0v) is 13.2. The van der Waals surface area contributed by atoms with Gasteiger partial charge in [0.2, 0.25) is 0 Å². The molecule has 102 valence electrons. The van der Waals surface area contributed by atoms with Gasteiger partial charge in [0.15, 0.2) is 0 Å². The Morgan fingerprint density at radius 2 is 1.71 bits per heavy atom. The maximum absolute atomic E-state index is 6.28. The Bertz CT molecular complexity index is 216. The van der Waals surface area contributed by atoms with Gasteiger partial charge in [-0.2, -0.15) is 0 Å². The standard InChI is InChI=1S/C16H31Cl/c1-13(2)6-9-16(12-17)10-7-14(8-11-16)15(3,4)5/h13-14H,6-12H2,1-5H3. The van der Waals surface area contributed by atoms with Gasteiger partial charge in [-0.15, -0.1) is 11.6 Å². The van der Waals surface area contributed by atoms with Crippen LogP contribution in [0.2, 0.25) is 0 Å². The van der Waals surface area contributed by atoms with Crippen molar-refractivity contribution in [3.05, 3.63) is 0 Å². The van der Waals surface area contributed by atoms with Crippen LogP contribution in [0.1, 0.15) is 73.1 Å². The highest BCUT2D eigenvalue weighted by Gasteiger charge is 2.37. The molecule has 0 N–H and O–H groups in total. The monoisotopic (exact) mass is 258 g/mol. The summed E-state index contributed by atoms with van der Waals surface area (Å²) in [6, 6.07) is 0. The first-order valence-electron chi connectivity index (χ1n) is 7.35. The van der Waals surface area contributed by atoms with Crippen molar-refractivity contribution >= 4 is 11.6 Å². The molecule has 0 atom stereocenters. The second kappa shape index (κ2) is 5.95. The predicted octanol–water partition coefficient (Wildman–Crippen LogP) is 5.88. The van der Waals surface area contributed by atoms with Gasteiger partial charge in [-0.05, 0) is 54.8 Å². The highest BCUT2D eigenvalue weighted by molar-refractivity contribution is 6.18. The molecule has 1 saturated carbocycles. The average Bonchev–Trinajstić information content (AvgIpc) is 2.26. The minimum Gasteiger partial charge on any atom is -0.126 e. The average molecular weight is 259 g/mol. The van der Waals surface area contributed by atoms with E-state index in [1.807, 2.05) is 0 Å². The van der Waals surface area contributed by atoms with E-state index in [2.05, 4.69) is 34.6 Å². The summed E-state index contributed by atoms with van der Waals surface area (Å²) in [5.74, 6) is 2.59. The van der Waals surface area contributed by atoms with Gasteiger partial charge in [-0.1, -0.05) is 41.0 Å². The smallest absolute Gasteiger partial charge is 0.0280 e. The van der Waals surface area contributed by atoms with Crippen LogP contribution in [0.25, 0.3) is 0 Å². The maximum Gasteiger partial charge on any atom is 0.0280 e. The third-order valence-corrected chi connectivity index (χ3v) is 5.37. The molecular weight excluding hydrogens is 228 g/mol. The van der Waals surface area contributed by atoms with E-state index in [9.17, 15) is 0 Å². The first kappa shape index (κ1) is 15.3. The first-order chi connectivity index (χ1) is 7.79. The van der Waals surface area contributed by atoms with Crippen molar-refractivity contribution in [2.24, 2.45) is 22.7 Å². The largest absolute Gasteiger partial charge is 0.126 e. The SMILES string of the molecule is CC(C)CCC1(CCl)CCC(C(C)(C)C)CC1. The minimum absolute atomic E-state index is 0.466. The molecule has 0 amide bonds. The van der Waals surface area contributed by atoms with Gasteiger partial charge in [0.25, 0.3) is 0 Å². The Morgan fingerprint density at radius 1 is 1.18 bits per heavy atom. The Hall–Kier alpha value is 0.290. The topological polar surface area (TPSA) is 0 Å². The highest BCUT2D eigenvalue weighted by Crippen LogP contribution is 2.48. The van der Waals surface area contributed by atoms with Crippen molar-refractivity contribution in [1.29, 1.82) is 0 Å². The van der Waals surface area contributed by atoms with Crippen LogP contribution in [-0.2, 0) is 0 Å². The lowest BCUT2D eigenvalue weighted by Crippen LogP contribution is -2.34. The zero-order chi connectivity index (χ0) is 13.1. The van der Waals surface area contributed by atoms with Crippen molar-refractivity contribution < 1.29 is 0 Å². The summed E-state index contributed by atoms with van der Waals surface area (Å²) in [5, 5.41) is 0. The van der Waals surface area contributed by atoms with E-state index in [1.54, 1.807) is 0 Å². The molecule has 0 nitrogen and oxygen atoms in total. The number of rotatable bonds is 4. The summed E-state index contributed by atoms with van der Waals surface area (Å²) >= 11 is 6.28. The van der Waals surface area contributed by atoms with Crippen LogP contribution in [0.5, 0.6) is 0 Å². The second-order valence-electron chi connectivity index (χ2n) is 7.71. The fourth-order valence-electron chi connectivity index (χ4n) is 3.14. The normalized spacial score (nSPS) is 30.9. The summed E-state index contributed by atoms with van der Waals surface area (Å²) in [6.45, 7) is 11.8. The van der Waals surface area contributed by atoms with Gasteiger partial charge >= 0.3 is 0 Å². The van der Waals surface area contributed by atoms with Gasteiger partial charge in [-0.3, -0.25) is 0 Å². The Balaban J connectivity index is 2.51. The van der Waals surface area contributed by atoms with Gasteiger partial charge < -0.3 is 0 Å². The van der Waals surface area contributed by atoms with Crippen LogP contribution in [0.3, 0.4) is 0 Å². The van der Waals surface area contributed by atoms with Crippen molar-refractivity contribution in [3.63, 3.8) is 0 Å². The van der Waals surface area contributed by atoms with Crippen molar-refractivity contribution in [3.8, 4) is 0 Å². The van der Waals surface area contributed by atoms with Gasteiger partial charge in [0.1, 0.15) is 0 Å². The minimum atomic E-state index is 0.466. The maximum atomic E-state index is 6.28. The van der Waals surface area contributed by atoms with E-state index in [4.69, 9.17) is 11.6 Å². The fourth-order valence-corrected chi connectivity index (χ4v) is 3.54. The number of hydrogen-bond acceptors (Lipinski definition) is 0. The van der Waals surface area contributed by atoms with E-state index in [1.165, 1.54) is 38.5 Å². The van der Waals surface area contributed by atoms with Crippen molar-refractivity contribution in [1.82, 2.24) is 0 Å². The summed E-state index contributed by atoms with van der Waals surface area (Å²) in [5.41, 5.74) is 0.949. The fraction of sp³-hybridized carbons (Fsp3) is 1.00. The molecule has 1 fully saturated rings. The van der Waals surface area contributed by atoms with Crippen LogP contribution >= 0.6 is 11.6 Å². The molecule has 1 aliphatic carbocycles. The Morgan fingerprint density at radius 3 is 2.06 bits per heavy atom. The first-order valence-corrected chi connectivity index (χ1v) is 7.88. The number of alkyl halides is 1. The van der Waals surface area contributed by atoms with Crippen molar-refractivity contribution in [2.45, 2.75) is 73.1 Å². The molecule has 17 heavy (non-hydrogen) atoms. The Labute approximate surface area is 114 Å². The van der Waals surface area contributed by atoms with Gasteiger partial charge in [-0.25, -0.2) is 0 Å². The molecule has 0 unspecified atom stereocenters. The molecule has 1 rings (SSSR count). The van der Waals surface area contributed by atoms with E-state index >= 15 is 0 Å². The Kier molecular flexibility index (Phi) is 5.38. The highest BCUT2D eigenvalue weighted by atomic mass is 35.5. The molecule has 0 saturated heterocycles. The third kappa shape index (κ3) is 4.47. The molecule has 0 bridgehead atoms. The number of halogens is 1. The molecule has 0 aromatic heterocycles. The van der Waals surface area contributed by atoms with E-state index in [0.717, 1.165) is 17.7 Å². The molecule has 1 heteroatoms. The predicted molar refractivity (Wildman–Crippen MR) is 78.6 cm³/mol. The molecule has 0 aromatic carbocycles. The molecule has 0 aromatic rings. The quantitative estimate of drug-likeness (QED) is 0.552. The lowest BCUT2D eigenvalue weighted by Gasteiger charge is -2.43. The van der Waals surface area contributed by atoms with Crippen LogP contribution in [0, 0.1) is 22.7 Å². The van der Waals surface area contributed by atoms with Crippen LogP contribution in [0.15, 0.2) is 0 Å². The molecule has 1 aliphatic rings. The van der Waals surface area contributed by atoms with Crippen molar-refractivity contribution in [2.75, 3.05) is 5.88 Å². The van der Waals surface area contributed by atoms with E-state index in [-0.39, 0.29) is 0 Å². The molecule has 0 aliphatic heterocycles. The van der Waals surface area contributed by atoms with Crippen LogP contribution in [0.4, 0.5) is 0 Å². The number of hydrogen-bond donors (Lipinski definition) is 0. The summed E-state index contributed by atoms with van der Waals surface area (Å²) in [7, 11) is 0. The van der Waals surface area contributed by atoms with Crippen LogP contribution < -0.4 is 0 Å². The third-order valence-electron chi connectivity index (χ3n) is 4.81. The summed E-state index contributed by atoms with van der Waals surface area (Å²) in [4.78, 5) is 0. The second-order valence-corrected chi connectivity index (χ2v) is 7.97. The van der Waals surface area contributed by atoms with Gasteiger partial charge in [0.05, 0.1) is 0 Å². The van der Waals surface area contributed by atoms with Gasteiger partial charge in [0, 0.05) is 5.88 Å². The molecule has 0 radical (unpaired) electrons. The molecular formula is C16H31Cl.